The first-order chi connectivity index (χ1) is 8.79. The number of hydrogen-bond donors (Lipinski definition) is 1. The zero-order valence-corrected chi connectivity index (χ0v) is 11.9. The van der Waals surface area contributed by atoms with Gasteiger partial charge in [-0.3, -0.25) is 0 Å². The molecule has 0 spiro atoms. The molecule has 0 saturated carbocycles. The van der Waals surface area contributed by atoms with Crippen LogP contribution in [0.2, 0.25) is 5.02 Å². The Bertz CT molecular complexity index is 333. The minimum absolute atomic E-state index is 0.381. The monoisotopic (exact) mass is 271 g/mol. The molecule has 0 aromatic heterocycles. The van der Waals surface area contributed by atoms with Crippen molar-refractivity contribution < 1.29 is 9.47 Å². The Hall–Kier alpha value is -0.610. The molecule has 0 radical (unpaired) electrons. The third kappa shape index (κ3) is 5.36. The number of hydrogen-bond acceptors (Lipinski definition) is 3. The number of likely N-dealkylation sites (N-methyl/N-ethyl adjacent to an activating group) is 1. The number of methoxy groups -OCH3 is 1. The zero-order chi connectivity index (χ0) is 13.2. The maximum atomic E-state index is 6.23. The molecule has 0 amide bonds. The first kappa shape index (κ1) is 15.4. The molecule has 0 bridgehead atoms. The van der Waals surface area contributed by atoms with Gasteiger partial charge in [0.15, 0.2) is 0 Å². The molecule has 0 heterocycles. The molecular formula is C14H22ClNO2. The molecule has 0 fully saturated rings. The van der Waals surface area contributed by atoms with Crippen molar-refractivity contribution >= 4 is 11.6 Å². The topological polar surface area (TPSA) is 30.5 Å². The Kier molecular flexibility index (Phi) is 8.01. The van der Waals surface area contributed by atoms with Gasteiger partial charge in [-0.2, -0.15) is 0 Å². The highest BCUT2D eigenvalue weighted by Crippen LogP contribution is 2.26. The summed E-state index contributed by atoms with van der Waals surface area (Å²) in [6.45, 7) is 2.91. The van der Waals surface area contributed by atoms with E-state index in [-0.39, 0.29) is 0 Å². The fourth-order valence-corrected chi connectivity index (χ4v) is 2.18. The summed E-state index contributed by atoms with van der Waals surface area (Å²) >= 11 is 6.23. The van der Waals surface area contributed by atoms with E-state index < -0.39 is 0 Å². The molecule has 4 heteroatoms. The highest BCUT2D eigenvalue weighted by atomic mass is 35.5. The minimum Gasteiger partial charge on any atom is -0.382 e. The van der Waals surface area contributed by atoms with Gasteiger partial charge < -0.3 is 14.8 Å². The Labute approximate surface area is 114 Å². The molecule has 0 aliphatic carbocycles. The van der Waals surface area contributed by atoms with Crippen molar-refractivity contribution in [1.82, 2.24) is 5.32 Å². The van der Waals surface area contributed by atoms with Crippen LogP contribution in [0, 0.1) is 0 Å². The van der Waals surface area contributed by atoms with Crippen molar-refractivity contribution in [2.45, 2.75) is 12.3 Å². The van der Waals surface area contributed by atoms with Crippen LogP contribution in [-0.4, -0.2) is 40.5 Å². The van der Waals surface area contributed by atoms with E-state index in [9.17, 15) is 0 Å². The van der Waals surface area contributed by atoms with Crippen molar-refractivity contribution in [3.8, 4) is 0 Å². The van der Waals surface area contributed by atoms with Crippen LogP contribution in [0.3, 0.4) is 0 Å². The van der Waals surface area contributed by atoms with E-state index in [1.165, 1.54) is 5.56 Å². The van der Waals surface area contributed by atoms with Crippen molar-refractivity contribution in [3.63, 3.8) is 0 Å². The first-order valence-corrected chi connectivity index (χ1v) is 6.63. The predicted molar refractivity (Wildman–Crippen MR) is 75.4 cm³/mol. The molecular weight excluding hydrogens is 250 g/mol. The number of benzene rings is 1. The third-order valence-corrected chi connectivity index (χ3v) is 3.18. The van der Waals surface area contributed by atoms with Gasteiger partial charge in [0.25, 0.3) is 0 Å². The normalized spacial score (nSPS) is 12.6. The summed E-state index contributed by atoms with van der Waals surface area (Å²) in [6.07, 6.45) is 0.953. The summed E-state index contributed by atoms with van der Waals surface area (Å²) in [5.41, 5.74) is 1.18. The summed E-state index contributed by atoms with van der Waals surface area (Å²) in [5.74, 6) is 0.381. The highest BCUT2D eigenvalue weighted by Gasteiger charge is 2.13. The molecule has 3 nitrogen and oxygen atoms in total. The van der Waals surface area contributed by atoms with Crippen molar-refractivity contribution in [2.75, 3.05) is 40.5 Å². The fourth-order valence-electron chi connectivity index (χ4n) is 1.89. The molecule has 1 N–H and O–H groups in total. The molecule has 18 heavy (non-hydrogen) atoms. The average molecular weight is 272 g/mol. The number of rotatable bonds is 9. The number of halogens is 1. The molecule has 102 valence electrons. The lowest BCUT2D eigenvalue weighted by Crippen LogP contribution is -2.19. The van der Waals surface area contributed by atoms with E-state index >= 15 is 0 Å². The maximum absolute atomic E-state index is 6.23. The van der Waals surface area contributed by atoms with E-state index in [2.05, 4.69) is 11.4 Å². The fraction of sp³-hybridized carbons (Fsp3) is 0.571. The first-order valence-electron chi connectivity index (χ1n) is 6.25. The number of nitrogens with one attached hydrogen (secondary N) is 1. The lowest BCUT2D eigenvalue weighted by Gasteiger charge is -2.18. The van der Waals surface area contributed by atoms with Gasteiger partial charge in [-0.05, 0) is 31.0 Å². The van der Waals surface area contributed by atoms with Crippen LogP contribution in [0.5, 0.6) is 0 Å². The largest absolute Gasteiger partial charge is 0.382 e. The van der Waals surface area contributed by atoms with Crippen LogP contribution >= 0.6 is 11.6 Å². The van der Waals surface area contributed by atoms with Gasteiger partial charge in [0.05, 0.1) is 13.2 Å². The summed E-state index contributed by atoms with van der Waals surface area (Å²) in [6, 6.07) is 8.00. The quantitative estimate of drug-likeness (QED) is 0.701. The lowest BCUT2D eigenvalue weighted by molar-refractivity contribution is 0.0670. The van der Waals surface area contributed by atoms with E-state index in [4.69, 9.17) is 21.1 Å². The Morgan fingerprint density at radius 2 is 2.00 bits per heavy atom. The lowest BCUT2D eigenvalue weighted by atomic mass is 9.96. The highest BCUT2D eigenvalue weighted by molar-refractivity contribution is 6.31. The molecule has 1 atom stereocenters. The average Bonchev–Trinajstić information content (AvgIpc) is 2.38. The second kappa shape index (κ2) is 9.34. The molecule has 1 aromatic carbocycles. The van der Waals surface area contributed by atoms with Gasteiger partial charge >= 0.3 is 0 Å². The van der Waals surface area contributed by atoms with Crippen LogP contribution in [0.1, 0.15) is 17.9 Å². The molecule has 1 aromatic rings. The van der Waals surface area contributed by atoms with Crippen LogP contribution in [0.4, 0.5) is 0 Å². The SMILES string of the molecule is CNCC(CCOCCOC)c1ccccc1Cl. The van der Waals surface area contributed by atoms with Crippen molar-refractivity contribution in [3.05, 3.63) is 34.9 Å². The van der Waals surface area contributed by atoms with E-state index in [0.29, 0.717) is 19.1 Å². The summed E-state index contributed by atoms with van der Waals surface area (Å²) in [7, 11) is 3.63. The second-order valence-corrected chi connectivity index (χ2v) is 4.58. The van der Waals surface area contributed by atoms with Crippen LogP contribution in [0.15, 0.2) is 24.3 Å². The third-order valence-electron chi connectivity index (χ3n) is 2.84. The van der Waals surface area contributed by atoms with Crippen LogP contribution in [-0.2, 0) is 9.47 Å². The predicted octanol–water partition coefficient (Wildman–Crippen LogP) is 2.70. The van der Waals surface area contributed by atoms with Gasteiger partial charge in [-0.1, -0.05) is 29.8 Å². The Morgan fingerprint density at radius 1 is 1.22 bits per heavy atom. The van der Waals surface area contributed by atoms with Crippen LogP contribution in [0.25, 0.3) is 0 Å². The smallest absolute Gasteiger partial charge is 0.0700 e. The van der Waals surface area contributed by atoms with Crippen LogP contribution < -0.4 is 5.32 Å². The van der Waals surface area contributed by atoms with Gasteiger partial charge in [-0.25, -0.2) is 0 Å². The Balaban J connectivity index is 2.47. The summed E-state index contributed by atoms with van der Waals surface area (Å²) in [5, 5.41) is 4.04. The van der Waals surface area contributed by atoms with Gasteiger partial charge in [0.2, 0.25) is 0 Å². The molecule has 0 saturated heterocycles. The minimum atomic E-state index is 0.381. The van der Waals surface area contributed by atoms with E-state index in [1.807, 2.05) is 25.2 Å². The molecule has 0 aliphatic heterocycles. The molecule has 0 aliphatic rings. The molecule has 1 unspecified atom stereocenters. The summed E-state index contributed by atoms with van der Waals surface area (Å²) < 4.78 is 10.5. The Morgan fingerprint density at radius 3 is 2.67 bits per heavy atom. The van der Waals surface area contributed by atoms with Gasteiger partial charge in [0.1, 0.15) is 0 Å². The summed E-state index contributed by atoms with van der Waals surface area (Å²) in [4.78, 5) is 0. The van der Waals surface area contributed by atoms with E-state index in [1.54, 1.807) is 7.11 Å². The maximum Gasteiger partial charge on any atom is 0.0700 e. The molecule has 1 rings (SSSR count). The van der Waals surface area contributed by atoms with E-state index in [0.717, 1.165) is 24.6 Å². The number of ether oxygens (including phenoxy) is 2. The van der Waals surface area contributed by atoms with Crippen molar-refractivity contribution in [1.29, 1.82) is 0 Å². The van der Waals surface area contributed by atoms with Gasteiger partial charge in [-0.15, -0.1) is 0 Å². The van der Waals surface area contributed by atoms with Crippen molar-refractivity contribution in [2.24, 2.45) is 0 Å². The zero-order valence-electron chi connectivity index (χ0n) is 11.1. The van der Waals surface area contributed by atoms with Gasteiger partial charge in [0, 0.05) is 25.3 Å². The standard InChI is InChI=1S/C14H22ClNO2/c1-16-11-12(7-8-18-10-9-17-2)13-5-3-4-6-14(13)15/h3-6,12,16H,7-11H2,1-2H3. The second-order valence-electron chi connectivity index (χ2n) is 4.17.